The highest BCUT2D eigenvalue weighted by Crippen LogP contribution is 2.26. The number of nitrogens with one attached hydrogen (secondary N) is 1. The number of halogens is 2. The van der Waals surface area contributed by atoms with Crippen molar-refractivity contribution in [1.82, 2.24) is 0 Å². The SMILES string of the molecule is CCOc1cc(F)ccc1NC(=O)c1cccc(F)c1. The first kappa shape index (κ1) is 14.0. The Kier molecular flexibility index (Phi) is 4.30. The van der Waals surface area contributed by atoms with Gasteiger partial charge in [0.05, 0.1) is 12.3 Å². The summed E-state index contributed by atoms with van der Waals surface area (Å²) in [6, 6.07) is 9.10. The number of carbonyl (C=O) groups is 1. The third kappa shape index (κ3) is 3.32. The van der Waals surface area contributed by atoms with E-state index < -0.39 is 17.5 Å². The molecule has 0 aromatic heterocycles. The van der Waals surface area contributed by atoms with E-state index in [1.54, 1.807) is 6.92 Å². The minimum atomic E-state index is -0.498. The molecule has 5 heteroatoms. The molecule has 0 unspecified atom stereocenters. The summed E-state index contributed by atoms with van der Waals surface area (Å²) < 4.78 is 31.5. The van der Waals surface area contributed by atoms with Crippen molar-refractivity contribution in [2.24, 2.45) is 0 Å². The average Bonchev–Trinajstić information content (AvgIpc) is 2.42. The summed E-state index contributed by atoms with van der Waals surface area (Å²) in [5.41, 5.74) is 0.513. The standard InChI is InChI=1S/C15H13F2NO2/c1-2-20-14-9-12(17)6-7-13(14)18-15(19)10-4-3-5-11(16)8-10/h3-9H,2H2,1H3,(H,18,19). The Balaban J connectivity index is 2.23. The van der Waals surface area contributed by atoms with Crippen molar-refractivity contribution in [3.8, 4) is 5.75 Å². The first-order valence-corrected chi connectivity index (χ1v) is 6.09. The largest absolute Gasteiger partial charge is 0.492 e. The summed E-state index contributed by atoms with van der Waals surface area (Å²) in [7, 11) is 0. The van der Waals surface area contributed by atoms with E-state index in [-0.39, 0.29) is 11.3 Å². The van der Waals surface area contributed by atoms with Crippen LogP contribution in [-0.2, 0) is 0 Å². The van der Waals surface area contributed by atoms with Crippen molar-refractivity contribution in [3.05, 3.63) is 59.7 Å². The third-order valence-corrected chi connectivity index (χ3v) is 2.58. The molecule has 2 rings (SSSR count). The molecule has 0 bridgehead atoms. The average molecular weight is 277 g/mol. The lowest BCUT2D eigenvalue weighted by Crippen LogP contribution is -2.13. The Morgan fingerprint density at radius 3 is 2.60 bits per heavy atom. The summed E-state index contributed by atoms with van der Waals surface area (Å²) in [4.78, 5) is 12.0. The lowest BCUT2D eigenvalue weighted by molar-refractivity contribution is 0.102. The van der Waals surface area contributed by atoms with Crippen molar-refractivity contribution < 1.29 is 18.3 Å². The fourth-order valence-electron chi connectivity index (χ4n) is 1.70. The number of carbonyl (C=O) groups excluding carboxylic acids is 1. The van der Waals surface area contributed by atoms with E-state index in [0.717, 1.165) is 6.07 Å². The highest BCUT2D eigenvalue weighted by Gasteiger charge is 2.11. The lowest BCUT2D eigenvalue weighted by Gasteiger charge is -2.11. The van der Waals surface area contributed by atoms with Crippen molar-refractivity contribution in [1.29, 1.82) is 0 Å². The zero-order valence-corrected chi connectivity index (χ0v) is 10.8. The molecule has 1 amide bonds. The minimum absolute atomic E-state index is 0.178. The quantitative estimate of drug-likeness (QED) is 0.927. The van der Waals surface area contributed by atoms with Gasteiger partial charge in [-0.25, -0.2) is 8.78 Å². The van der Waals surface area contributed by atoms with Gasteiger partial charge in [-0.1, -0.05) is 6.07 Å². The van der Waals surface area contributed by atoms with Crippen LogP contribution in [0.3, 0.4) is 0 Å². The number of rotatable bonds is 4. The van der Waals surface area contributed by atoms with E-state index in [9.17, 15) is 13.6 Å². The van der Waals surface area contributed by atoms with Crippen LogP contribution in [0.5, 0.6) is 5.75 Å². The third-order valence-electron chi connectivity index (χ3n) is 2.58. The zero-order chi connectivity index (χ0) is 14.5. The number of ether oxygens (including phenoxy) is 1. The van der Waals surface area contributed by atoms with Gasteiger partial charge in [0.1, 0.15) is 17.4 Å². The number of amides is 1. The Hall–Kier alpha value is -2.43. The molecule has 3 nitrogen and oxygen atoms in total. The second-order valence-corrected chi connectivity index (χ2v) is 4.04. The molecule has 0 spiro atoms. The molecule has 0 fully saturated rings. The van der Waals surface area contributed by atoms with Gasteiger partial charge in [-0.15, -0.1) is 0 Å². The Morgan fingerprint density at radius 2 is 1.90 bits per heavy atom. The van der Waals surface area contributed by atoms with Gasteiger partial charge in [0.15, 0.2) is 0 Å². The van der Waals surface area contributed by atoms with E-state index in [2.05, 4.69) is 5.32 Å². The Labute approximate surface area is 115 Å². The van der Waals surface area contributed by atoms with Crippen molar-refractivity contribution in [2.45, 2.75) is 6.92 Å². The molecule has 0 aliphatic heterocycles. The van der Waals surface area contributed by atoms with E-state index in [4.69, 9.17) is 4.74 Å². The van der Waals surface area contributed by atoms with Crippen molar-refractivity contribution in [2.75, 3.05) is 11.9 Å². The molecular formula is C15H13F2NO2. The summed E-state index contributed by atoms with van der Waals surface area (Å²) >= 11 is 0. The molecule has 0 heterocycles. The van der Waals surface area contributed by atoms with Crippen LogP contribution < -0.4 is 10.1 Å². The molecule has 0 radical (unpaired) electrons. The highest BCUT2D eigenvalue weighted by atomic mass is 19.1. The van der Waals surface area contributed by atoms with Crippen LogP contribution >= 0.6 is 0 Å². The maximum absolute atomic E-state index is 13.1. The number of hydrogen-bond acceptors (Lipinski definition) is 2. The molecule has 20 heavy (non-hydrogen) atoms. The van der Waals surface area contributed by atoms with Gasteiger partial charge in [-0.2, -0.15) is 0 Å². The number of benzene rings is 2. The first-order chi connectivity index (χ1) is 9.60. The number of anilines is 1. The second kappa shape index (κ2) is 6.14. The summed E-state index contributed by atoms with van der Waals surface area (Å²) in [5, 5.41) is 2.57. The smallest absolute Gasteiger partial charge is 0.255 e. The van der Waals surface area contributed by atoms with E-state index >= 15 is 0 Å². The summed E-state index contributed by atoms with van der Waals surface area (Å²) in [6.07, 6.45) is 0. The molecule has 2 aromatic rings. The molecule has 0 saturated carbocycles. The zero-order valence-electron chi connectivity index (χ0n) is 10.8. The van der Waals surface area contributed by atoms with Crippen LogP contribution in [0.1, 0.15) is 17.3 Å². The maximum Gasteiger partial charge on any atom is 0.255 e. The van der Waals surface area contributed by atoms with Gasteiger partial charge in [0.2, 0.25) is 0 Å². The van der Waals surface area contributed by atoms with Gasteiger partial charge in [-0.05, 0) is 37.3 Å². The molecule has 104 valence electrons. The van der Waals surface area contributed by atoms with Gasteiger partial charge < -0.3 is 10.1 Å². The summed E-state index contributed by atoms with van der Waals surface area (Å²) in [6.45, 7) is 2.09. The first-order valence-electron chi connectivity index (χ1n) is 6.09. The molecule has 2 aromatic carbocycles. The summed E-state index contributed by atoms with van der Waals surface area (Å²) in [5.74, 6) is -1.21. The van der Waals surface area contributed by atoms with Crippen molar-refractivity contribution in [3.63, 3.8) is 0 Å². The monoisotopic (exact) mass is 277 g/mol. The Morgan fingerprint density at radius 1 is 1.15 bits per heavy atom. The molecule has 0 saturated heterocycles. The molecule has 0 atom stereocenters. The lowest BCUT2D eigenvalue weighted by atomic mass is 10.2. The fraction of sp³-hybridized carbons (Fsp3) is 0.133. The molecular weight excluding hydrogens is 264 g/mol. The van der Waals surface area contributed by atoms with Gasteiger partial charge in [0.25, 0.3) is 5.91 Å². The van der Waals surface area contributed by atoms with E-state index in [1.165, 1.54) is 36.4 Å². The molecule has 0 aliphatic carbocycles. The fourth-order valence-corrected chi connectivity index (χ4v) is 1.70. The van der Waals surface area contributed by atoms with Crippen LogP contribution in [0.25, 0.3) is 0 Å². The van der Waals surface area contributed by atoms with Crippen LogP contribution in [0.15, 0.2) is 42.5 Å². The molecule has 0 aliphatic rings. The predicted octanol–water partition coefficient (Wildman–Crippen LogP) is 3.62. The van der Waals surface area contributed by atoms with Crippen LogP contribution in [-0.4, -0.2) is 12.5 Å². The normalized spacial score (nSPS) is 10.2. The minimum Gasteiger partial charge on any atom is -0.492 e. The Bertz CT molecular complexity index is 629. The highest BCUT2D eigenvalue weighted by molar-refractivity contribution is 6.05. The van der Waals surface area contributed by atoms with Crippen LogP contribution in [0.4, 0.5) is 14.5 Å². The predicted molar refractivity (Wildman–Crippen MR) is 71.9 cm³/mol. The number of hydrogen-bond donors (Lipinski definition) is 1. The molecule has 1 N–H and O–H groups in total. The van der Waals surface area contributed by atoms with Gasteiger partial charge >= 0.3 is 0 Å². The van der Waals surface area contributed by atoms with Gasteiger partial charge in [0, 0.05) is 11.6 Å². The van der Waals surface area contributed by atoms with Crippen LogP contribution in [0.2, 0.25) is 0 Å². The van der Waals surface area contributed by atoms with Crippen molar-refractivity contribution >= 4 is 11.6 Å². The van der Waals surface area contributed by atoms with Gasteiger partial charge in [-0.3, -0.25) is 4.79 Å². The van der Waals surface area contributed by atoms with E-state index in [0.29, 0.717) is 12.3 Å². The maximum atomic E-state index is 13.1. The second-order valence-electron chi connectivity index (χ2n) is 4.04. The topological polar surface area (TPSA) is 38.3 Å². The van der Waals surface area contributed by atoms with E-state index in [1.807, 2.05) is 0 Å². The van der Waals surface area contributed by atoms with Crippen LogP contribution in [0, 0.1) is 11.6 Å².